The van der Waals surface area contributed by atoms with Crippen LogP contribution in [-0.4, -0.2) is 59.8 Å². The van der Waals surface area contributed by atoms with Crippen molar-refractivity contribution in [2.75, 3.05) is 26.3 Å². The van der Waals surface area contributed by atoms with Crippen LogP contribution in [0.1, 0.15) is 65.3 Å². The third kappa shape index (κ3) is 7.44. The minimum absolute atomic E-state index is 0.0578. The van der Waals surface area contributed by atoms with E-state index in [9.17, 15) is 9.59 Å². The molecule has 2 aliphatic heterocycles. The minimum Gasteiger partial charge on any atom is -0.459 e. The minimum atomic E-state index is -0.399. The lowest BCUT2D eigenvalue weighted by molar-refractivity contribution is -0.152. The van der Waals surface area contributed by atoms with Gasteiger partial charge in [-0.3, -0.25) is 9.59 Å². The normalized spacial score (nSPS) is 20.1. The molecule has 8 nitrogen and oxygen atoms in total. The molecule has 0 aliphatic carbocycles. The summed E-state index contributed by atoms with van der Waals surface area (Å²) in [5, 5.41) is 6.87. The smallest absolute Gasteiger partial charge is 0.323 e. The van der Waals surface area contributed by atoms with E-state index < -0.39 is 6.04 Å². The van der Waals surface area contributed by atoms with E-state index in [1.807, 2.05) is 39.8 Å². The van der Waals surface area contributed by atoms with Crippen LogP contribution in [0.25, 0.3) is 16.6 Å². The number of fused-ring (bicyclic) bond motifs is 1. The van der Waals surface area contributed by atoms with E-state index >= 15 is 0 Å². The van der Waals surface area contributed by atoms with Crippen LogP contribution in [0.2, 0.25) is 0 Å². The van der Waals surface area contributed by atoms with Crippen molar-refractivity contribution < 1.29 is 19.1 Å². The van der Waals surface area contributed by atoms with Crippen LogP contribution in [0.4, 0.5) is 0 Å². The third-order valence-electron chi connectivity index (χ3n) is 7.83. The maximum Gasteiger partial charge on any atom is 0.323 e. The molecule has 0 bridgehead atoms. The zero-order valence-corrected chi connectivity index (χ0v) is 24.1. The first-order valence-corrected chi connectivity index (χ1v) is 14.3. The van der Waals surface area contributed by atoms with Gasteiger partial charge in [0.25, 0.3) is 0 Å². The summed E-state index contributed by atoms with van der Waals surface area (Å²) in [5.41, 5.74) is 4.72. The van der Waals surface area contributed by atoms with Gasteiger partial charge >= 0.3 is 5.97 Å². The van der Waals surface area contributed by atoms with Gasteiger partial charge in [-0.25, -0.2) is 4.98 Å². The molecule has 0 radical (unpaired) electrons. The van der Waals surface area contributed by atoms with Crippen molar-refractivity contribution in [3.63, 3.8) is 0 Å². The third-order valence-corrected chi connectivity index (χ3v) is 7.83. The van der Waals surface area contributed by atoms with E-state index in [0.29, 0.717) is 31.2 Å². The number of benzene rings is 1. The van der Waals surface area contributed by atoms with Crippen molar-refractivity contribution >= 4 is 28.4 Å². The second-order valence-corrected chi connectivity index (χ2v) is 11.2. The van der Waals surface area contributed by atoms with Gasteiger partial charge in [-0.15, -0.1) is 0 Å². The molecule has 0 spiro atoms. The Morgan fingerprint density at radius 2 is 2.00 bits per heavy atom. The number of esters is 1. The molecular weight excluding hydrogens is 492 g/mol. The molecule has 39 heavy (non-hydrogen) atoms. The summed E-state index contributed by atoms with van der Waals surface area (Å²) in [5.74, 6) is 1.39. The molecule has 2 atom stereocenters. The average molecular weight is 537 g/mol. The number of imidazole rings is 1. The van der Waals surface area contributed by atoms with Crippen molar-refractivity contribution in [3.8, 4) is 0 Å². The number of carbonyl (C=O) groups is 2. The Kier molecular flexibility index (Phi) is 10.1. The number of hydrogen-bond acceptors (Lipinski definition) is 7. The summed E-state index contributed by atoms with van der Waals surface area (Å²) >= 11 is 0. The number of hydrogen-bond donors (Lipinski definition) is 2. The van der Waals surface area contributed by atoms with Crippen LogP contribution < -0.4 is 10.6 Å². The van der Waals surface area contributed by atoms with Gasteiger partial charge in [0, 0.05) is 25.1 Å². The number of allylic oxidation sites excluding steroid dienone is 4. The Bertz CT molecular complexity index is 1220. The largest absolute Gasteiger partial charge is 0.459 e. The molecule has 2 aromatic rings. The summed E-state index contributed by atoms with van der Waals surface area (Å²) < 4.78 is 13.4. The number of ether oxygens (including phenoxy) is 2. The molecule has 2 unspecified atom stereocenters. The molecular formula is C31H44N4O4. The first-order chi connectivity index (χ1) is 18.8. The highest BCUT2D eigenvalue weighted by Gasteiger charge is 2.28. The van der Waals surface area contributed by atoms with Gasteiger partial charge in [0.1, 0.15) is 18.0 Å². The van der Waals surface area contributed by atoms with Crippen molar-refractivity contribution in [2.45, 2.75) is 79.1 Å². The monoisotopic (exact) mass is 536 g/mol. The second kappa shape index (κ2) is 13.5. The van der Waals surface area contributed by atoms with Gasteiger partial charge in [-0.2, -0.15) is 0 Å². The highest BCUT2D eigenvalue weighted by Crippen LogP contribution is 2.28. The number of ketones is 1. The Balaban J connectivity index is 1.59. The van der Waals surface area contributed by atoms with E-state index in [1.165, 1.54) is 0 Å². The number of aromatic nitrogens is 2. The molecule has 0 saturated carbocycles. The number of rotatable bonds is 11. The predicted molar refractivity (Wildman–Crippen MR) is 154 cm³/mol. The lowest BCUT2D eigenvalue weighted by Crippen LogP contribution is -2.43. The summed E-state index contributed by atoms with van der Waals surface area (Å²) in [6, 6.07) is 5.95. The zero-order valence-electron chi connectivity index (χ0n) is 24.1. The predicted octanol–water partition coefficient (Wildman–Crippen LogP) is 4.42. The molecule has 8 heteroatoms. The van der Waals surface area contributed by atoms with E-state index in [0.717, 1.165) is 66.9 Å². The van der Waals surface area contributed by atoms with Crippen molar-refractivity contribution in [2.24, 2.45) is 11.8 Å². The van der Waals surface area contributed by atoms with Crippen molar-refractivity contribution in [1.82, 2.24) is 20.2 Å². The summed E-state index contributed by atoms with van der Waals surface area (Å²) in [4.78, 5) is 29.9. The number of nitrogens with one attached hydrogen (secondary N) is 2. The first-order valence-electron chi connectivity index (χ1n) is 14.3. The van der Waals surface area contributed by atoms with Crippen molar-refractivity contribution in [1.29, 1.82) is 0 Å². The highest BCUT2D eigenvalue weighted by molar-refractivity contribution is 5.96. The maximum atomic E-state index is 12.9. The van der Waals surface area contributed by atoms with E-state index in [4.69, 9.17) is 14.5 Å². The van der Waals surface area contributed by atoms with E-state index in [2.05, 4.69) is 33.4 Å². The summed E-state index contributed by atoms with van der Waals surface area (Å²) in [7, 11) is 0. The first kappa shape index (κ1) is 29.2. The molecule has 1 aromatic carbocycles. The quantitative estimate of drug-likeness (QED) is 0.249. The lowest BCUT2D eigenvalue weighted by Gasteiger charge is -2.24. The molecule has 2 aliphatic rings. The number of nitrogens with zero attached hydrogens (tertiary/aromatic N) is 2. The van der Waals surface area contributed by atoms with Gasteiger partial charge in [0.2, 0.25) is 0 Å². The van der Waals surface area contributed by atoms with Gasteiger partial charge < -0.3 is 24.7 Å². The fraction of sp³-hybridized carbons (Fsp3) is 0.581. The SMILES string of the molecule is C/C=C(\C=C(\C)C(C)=O)c1nc2cc(CNC(C(=O)OC3CCOC3)C(C)C)ccc2n1CC1CCNCC1. The van der Waals surface area contributed by atoms with Crippen LogP contribution >= 0.6 is 0 Å². The molecule has 1 aromatic heterocycles. The Morgan fingerprint density at radius 3 is 2.64 bits per heavy atom. The van der Waals surface area contributed by atoms with Crippen LogP contribution in [0.5, 0.6) is 0 Å². The second-order valence-electron chi connectivity index (χ2n) is 11.2. The fourth-order valence-corrected chi connectivity index (χ4v) is 5.29. The molecule has 3 heterocycles. The van der Waals surface area contributed by atoms with Crippen LogP contribution in [0.3, 0.4) is 0 Å². The summed E-state index contributed by atoms with van der Waals surface area (Å²) in [6.45, 7) is 14.1. The van der Waals surface area contributed by atoms with Crippen molar-refractivity contribution in [3.05, 3.63) is 47.3 Å². The molecule has 2 fully saturated rings. The van der Waals surface area contributed by atoms with Crippen LogP contribution in [-0.2, 0) is 32.2 Å². The Labute approximate surface area is 232 Å². The molecule has 4 rings (SSSR count). The van der Waals surface area contributed by atoms with E-state index in [1.54, 1.807) is 6.92 Å². The number of carbonyl (C=O) groups excluding carboxylic acids is 2. The average Bonchev–Trinajstić information content (AvgIpc) is 3.55. The van der Waals surface area contributed by atoms with Gasteiger partial charge in [0.05, 0.1) is 24.2 Å². The summed E-state index contributed by atoms with van der Waals surface area (Å²) in [6.07, 6.45) is 6.84. The Morgan fingerprint density at radius 1 is 1.23 bits per heavy atom. The fourth-order valence-electron chi connectivity index (χ4n) is 5.29. The highest BCUT2D eigenvalue weighted by atomic mass is 16.6. The number of piperidine rings is 1. The molecule has 212 valence electrons. The van der Waals surface area contributed by atoms with Crippen LogP contribution in [0, 0.1) is 11.8 Å². The lowest BCUT2D eigenvalue weighted by atomic mass is 9.98. The standard InChI is InChI=1S/C31H44N4O4/c1-6-25(15-21(4)22(5)36)30-34-27-16-24(7-8-28(27)35(30)18-23-9-12-32-13-10-23)17-33-29(20(2)3)31(37)39-26-11-14-38-19-26/h6-8,15-16,20,23,26,29,32-33H,9-14,17-19H2,1-5H3/b21-15-,25-6+. The van der Waals surface area contributed by atoms with Gasteiger partial charge in [-0.1, -0.05) is 26.0 Å². The molecule has 2 saturated heterocycles. The zero-order chi connectivity index (χ0) is 27.9. The van der Waals surface area contributed by atoms with E-state index in [-0.39, 0.29) is 23.8 Å². The van der Waals surface area contributed by atoms with Gasteiger partial charge in [-0.05, 0) is 87.9 Å². The molecule has 0 amide bonds. The maximum absolute atomic E-state index is 12.9. The number of Topliss-reactive ketones (excluding diaryl/α,β-unsaturated/α-hetero) is 1. The topological polar surface area (TPSA) is 94.5 Å². The van der Waals surface area contributed by atoms with Crippen LogP contribution in [0.15, 0.2) is 35.9 Å². The van der Waals surface area contributed by atoms with Gasteiger partial charge in [0.15, 0.2) is 5.78 Å². The Hall–Kier alpha value is -2.81. The molecule has 2 N–H and O–H groups in total.